The van der Waals surface area contributed by atoms with Crippen molar-refractivity contribution in [2.75, 3.05) is 26.2 Å². The first-order chi connectivity index (χ1) is 10.8. The van der Waals surface area contributed by atoms with Crippen molar-refractivity contribution in [3.8, 4) is 0 Å². The molecule has 4 atom stereocenters. The van der Waals surface area contributed by atoms with Gasteiger partial charge in [-0.2, -0.15) is 0 Å². The van der Waals surface area contributed by atoms with E-state index in [2.05, 4.69) is 25.7 Å². The number of rotatable bonds is 5. The van der Waals surface area contributed by atoms with Crippen LogP contribution in [0.3, 0.4) is 0 Å². The normalized spacial score (nSPS) is 40.5. The van der Waals surface area contributed by atoms with Gasteiger partial charge >= 0.3 is 5.97 Å². The highest BCUT2D eigenvalue weighted by molar-refractivity contribution is 5.75. The Kier molecular flexibility index (Phi) is 4.29. The second-order valence-corrected chi connectivity index (χ2v) is 8.65. The number of hydrogen-bond acceptors (Lipinski definition) is 4. The smallest absolute Gasteiger partial charge is 0.312 e. The Bertz CT molecular complexity index is 472. The average molecular weight is 322 g/mol. The van der Waals surface area contributed by atoms with E-state index in [1.807, 2.05) is 6.92 Å². The molecule has 0 aromatic heterocycles. The van der Waals surface area contributed by atoms with Crippen LogP contribution in [0.25, 0.3) is 0 Å². The zero-order valence-corrected chi connectivity index (χ0v) is 15.4. The molecule has 0 radical (unpaired) electrons. The summed E-state index contributed by atoms with van der Waals surface area (Å²) in [5.41, 5.74) is 6.46. The number of hydrogen-bond donors (Lipinski definition) is 1. The number of carbonyl (C=O) groups excluding carboxylic acids is 1. The molecule has 3 rings (SSSR count). The Morgan fingerprint density at radius 2 is 1.96 bits per heavy atom. The number of likely N-dealkylation sites (tertiary alicyclic amines) is 1. The van der Waals surface area contributed by atoms with Crippen LogP contribution in [-0.2, 0) is 9.53 Å². The molecular formula is C19H34N2O2. The third-order valence-electron chi connectivity index (χ3n) is 8.00. The molecular weight excluding hydrogens is 288 g/mol. The van der Waals surface area contributed by atoms with Crippen LogP contribution in [0.15, 0.2) is 0 Å². The zero-order chi connectivity index (χ0) is 16.9. The zero-order valence-electron chi connectivity index (χ0n) is 15.4. The summed E-state index contributed by atoms with van der Waals surface area (Å²) >= 11 is 0. The molecule has 132 valence electrons. The summed E-state index contributed by atoms with van der Waals surface area (Å²) in [7, 11) is 0. The van der Waals surface area contributed by atoms with Gasteiger partial charge in [-0.3, -0.25) is 9.69 Å². The monoisotopic (exact) mass is 322 g/mol. The van der Waals surface area contributed by atoms with Crippen LogP contribution in [0.1, 0.15) is 59.8 Å². The molecule has 0 unspecified atom stereocenters. The summed E-state index contributed by atoms with van der Waals surface area (Å²) in [5.74, 6) is 0.415. The van der Waals surface area contributed by atoms with Crippen LogP contribution in [0, 0.1) is 22.7 Å². The summed E-state index contributed by atoms with van der Waals surface area (Å²) in [6, 6.07) is 0. The standard InChI is InChI=1S/C19H34N2O2/c1-5-23-16(22)15(13-20)19(21-10-6-7-11-21)12-14-8-9-18(19,4)17(14,2)3/h14-15H,5-13,20H2,1-4H3/t14-,15+,18+,19-/m0/s1. The Hall–Kier alpha value is -0.610. The fourth-order valence-corrected chi connectivity index (χ4v) is 6.40. The van der Waals surface area contributed by atoms with E-state index in [9.17, 15) is 4.79 Å². The lowest BCUT2D eigenvalue weighted by atomic mass is 9.57. The van der Waals surface area contributed by atoms with Crippen molar-refractivity contribution in [3.63, 3.8) is 0 Å². The van der Waals surface area contributed by atoms with E-state index >= 15 is 0 Å². The van der Waals surface area contributed by atoms with E-state index in [-0.39, 0.29) is 28.3 Å². The molecule has 0 amide bonds. The molecule has 4 nitrogen and oxygen atoms in total. The summed E-state index contributed by atoms with van der Waals surface area (Å²) in [6.07, 6.45) is 6.08. The summed E-state index contributed by atoms with van der Waals surface area (Å²) in [5, 5.41) is 0. The van der Waals surface area contributed by atoms with Crippen molar-refractivity contribution < 1.29 is 9.53 Å². The van der Waals surface area contributed by atoms with Gasteiger partial charge in [-0.25, -0.2) is 0 Å². The predicted octanol–water partition coefficient (Wildman–Crippen LogP) is 2.81. The van der Waals surface area contributed by atoms with Crippen molar-refractivity contribution >= 4 is 5.97 Å². The summed E-state index contributed by atoms with van der Waals surface area (Å²) in [4.78, 5) is 15.5. The van der Waals surface area contributed by atoms with Gasteiger partial charge in [-0.1, -0.05) is 20.8 Å². The minimum Gasteiger partial charge on any atom is -0.466 e. The minimum absolute atomic E-state index is 0.0773. The van der Waals surface area contributed by atoms with Crippen molar-refractivity contribution in [2.24, 2.45) is 28.4 Å². The van der Waals surface area contributed by atoms with Crippen LogP contribution in [0.2, 0.25) is 0 Å². The molecule has 0 spiro atoms. The SMILES string of the molecule is CCOC(=O)[C@@H](CN)[C@@]1(N2CCCC2)C[C@@H]2CC[C@]1(C)C2(C)C. The number of carbonyl (C=O) groups is 1. The van der Waals surface area contributed by atoms with Crippen LogP contribution >= 0.6 is 0 Å². The van der Waals surface area contributed by atoms with Gasteiger partial charge in [0.2, 0.25) is 0 Å². The maximum absolute atomic E-state index is 12.8. The fourth-order valence-electron chi connectivity index (χ4n) is 6.40. The first-order valence-electron chi connectivity index (χ1n) is 9.47. The number of ether oxygens (including phenoxy) is 1. The van der Waals surface area contributed by atoms with E-state index in [0.717, 1.165) is 19.5 Å². The number of esters is 1. The van der Waals surface area contributed by atoms with E-state index < -0.39 is 0 Å². The fraction of sp³-hybridized carbons (Fsp3) is 0.947. The van der Waals surface area contributed by atoms with Crippen molar-refractivity contribution in [3.05, 3.63) is 0 Å². The first-order valence-corrected chi connectivity index (χ1v) is 9.47. The maximum Gasteiger partial charge on any atom is 0.312 e. The van der Waals surface area contributed by atoms with E-state index in [1.165, 1.54) is 25.7 Å². The molecule has 2 bridgehead atoms. The Labute approximate surface area is 141 Å². The molecule has 2 aliphatic carbocycles. The van der Waals surface area contributed by atoms with Gasteiger partial charge in [0, 0.05) is 12.1 Å². The highest BCUT2D eigenvalue weighted by atomic mass is 16.5. The summed E-state index contributed by atoms with van der Waals surface area (Å²) in [6.45, 7) is 12.2. The van der Waals surface area contributed by atoms with Crippen LogP contribution < -0.4 is 5.73 Å². The van der Waals surface area contributed by atoms with Gasteiger partial charge in [0.15, 0.2) is 0 Å². The molecule has 1 aliphatic heterocycles. The molecule has 0 aromatic carbocycles. The molecule has 23 heavy (non-hydrogen) atoms. The topological polar surface area (TPSA) is 55.6 Å². The van der Waals surface area contributed by atoms with Gasteiger partial charge < -0.3 is 10.5 Å². The van der Waals surface area contributed by atoms with Gasteiger partial charge in [-0.15, -0.1) is 0 Å². The average Bonchev–Trinajstić information content (AvgIpc) is 3.14. The maximum atomic E-state index is 12.8. The minimum atomic E-state index is -0.199. The second kappa shape index (κ2) is 5.73. The molecule has 1 heterocycles. The summed E-state index contributed by atoms with van der Waals surface area (Å²) < 4.78 is 5.47. The lowest BCUT2D eigenvalue weighted by Gasteiger charge is -2.56. The number of fused-ring (bicyclic) bond motifs is 2. The van der Waals surface area contributed by atoms with Gasteiger partial charge in [0.25, 0.3) is 0 Å². The van der Waals surface area contributed by atoms with Gasteiger partial charge in [0.05, 0.1) is 12.5 Å². The Balaban J connectivity index is 2.08. The third-order valence-corrected chi connectivity index (χ3v) is 8.00. The highest BCUT2D eigenvalue weighted by Crippen LogP contribution is 2.73. The highest BCUT2D eigenvalue weighted by Gasteiger charge is 2.73. The van der Waals surface area contributed by atoms with Crippen molar-refractivity contribution in [1.82, 2.24) is 4.90 Å². The van der Waals surface area contributed by atoms with Gasteiger partial charge in [0.1, 0.15) is 0 Å². The number of nitrogens with zero attached hydrogens (tertiary/aromatic N) is 1. The molecule has 1 saturated heterocycles. The van der Waals surface area contributed by atoms with Gasteiger partial charge in [-0.05, 0) is 68.9 Å². The van der Waals surface area contributed by atoms with E-state index in [0.29, 0.717) is 19.1 Å². The predicted molar refractivity (Wildman–Crippen MR) is 91.9 cm³/mol. The lowest BCUT2D eigenvalue weighted by Crippen LogP contribution is -2.65. The molecule has 2 saturated carbocycles. The second-order valence-electron chi connectivity index (χ2n) is 8.65. The quantitative estimate of drug-likeness (QED) is 0.791. The van der Waals surface area contributed by atoms with Crippen LogP contribution in [-0.4, -0.2) is 42.6 Å². The largest absolute Gasteiger partial charge is 0.466 e. The van der Waals surface area contributed by atoms with E-state index in [1.54, 1.807) is 0 Å². The number of nitrogens with two attached hydrogens (primary N) is 1. The van der Waals surface area contributed by atoms with Crippen LogP contribution in [0.5, 0.6) is 0 Å². The molecule has 3 fully saturated rings. The first kappa shape index (κ1) is 17.2. The Morgan fingerprint density at radius 3 is 2.39 bits per heavy atom. The lowest BCUT2D eigenvalue weighted by molar-refractivity contribution is -0.161. The van der Waals surface area contributed by atoms with Crippen molar-refractivity contribution in [1.29, 1.82) is 0 Å². The molecule has 4 heteroatoms. The molecule has 0 aromatic rings. The van der Waals surface area contributed by atoms with E-state index in [4.69, 9.17) is 10.5 Å². The molecule has 2 N–H and O–H groups in total. The van der Waals surface area contributed by atoms with Crippen LogP contribution in [0.4, 0.5) is 0 Å². The molecule has 3 aliphatic rings. The Morgan fingerprint density at radius 1 is 1.30 bits per heavy atom. The third kappa shape index (κ3) is 2.07. The van der Waals surface area contributed by atoms with Crippen molar-refractivity contribution in [2.45, 2.75) is 65.3 Å².